The van der Waals surface area contributed by atoms with Crippen molar-refractivity contribution >= 4 is 5.96 Å². The molecule has 0 aromatic heterocycles. The second kappa shape index (κ2) is 9.25. The second-order valence-corrected chi connectivity index (χ2v) is 8.31. The summed E-state index contributed by atoms with van der Waals surface area (Å²) in [7, 11) is 1.84. The Kier molecular flexibility index (Phi) is 6.50. The minimum absolute atomic E-state index is 0.363. The van der Waals surface area contributed by atoms with Crippen molar-refractivity contribution in [2.45, 2.75) is 57.5 Å². The van der Waals surface area contributed by atoms with E-state index in [9.17, 15) is 0 Å². The Morgan fingerprint density at radius 2 is 1.79 bits per heavy atom. The highest BCUT2D eigenvalue weighted by molar-refractivity contribution is 5.80. The van der Waals surface area contributed by atoms with E-state index in [1.165, 1.54) is 56.7 Å². The fraction of sp³-hybridized carbons (Fsp3) is 0.682. The molecule has 0 spiro atoms. The summed E-state index contributed by atoms with van der Waals surface area (Å²) < 4.78 is 5.93. The van der Waals surface area contributed by atoms with Crippen LogP contribution in [0.1, 0.15) is 37.3 Å². The van der Waals surface area contributed by atoms with Gasteiger partial charge in [-0.15, -0.1) is 0 Å². The molecule has 2 bridgehead atoms. The molecule has 0 aliphatic carbocycles. The first-order chi connectivity index (χ1) is 13.7. The lowest BCUT2D eigenvalue weighted by atomic mass is 9.96. The third-order valence-corrected chi connectivity index (χ3v) is 6.45. The molecule has 3 aliphatic heterocycles. The third-order valence-electron chi connectivity index (χ3n) is 6.45. The van der Waals surface area contributed by atoms with Crippen molar-refractivity contribution in [1.29, 1.82) is 0 Å². The number of benzene rings is 1. The summed E-state index contributed by atoms with van der Waals surface area (Å²) in [6.45, 7) is 9.99. The van der Waals surface area contributed by atoms with E-state index in [4.69, 9.17) is 4.74 Å². The predicted octanol–water partition coefficient (Wildman–Crippen LogP) is 1.81. The predicted molar refractivity (Wildman–Crippen MR) is 113 cm³/mol. The number of hydrogen-bond donors (Lipinski definition) is 2. The smallest absolute Gasteiger partial charge is 0.191 e. The SMILES string of the molecule is CCN1CCN(Cc2ccc(CNC(=NC)NC3CC4CCC3O4)cc2)CC1. The van der Waals surface area contributed by atoms with Gasteiger partial charge in [0, 0.05) is 46.3 Å². The van der Waals surface area contributed by atoms with Crippen molar-refractivity contribution < 1.29 is 4.74 Å². The van der Waals surface area contributed by atoms with Gasteiger partial charge in [-0.05, 0) is 36.9 Å². The number of likely N-dealkylation sites (N-methyl/N-ethyl adjacent to an activating group) is 1. The van der Waals surface area contributed by atoms with E-state index >= 15 is 0 Å². The third kappa shape index (κ3) is 4.85. The average Bonchev–Trinajstić information content (AvgIpc) is 3.36. The highest BCUT2D eigenvalue weighted by atomic mass is 16.5. The number of fused-ring (bicyclic) bond motifs is 2. The van der Waals surface area contributed by atoms with Gasteiger partial charge in [0.15, 0.2) is 5.96 Å². The minimum Gasteiger partial charge on any atom is -0.373 e. The summed E-state index contributed by atoms with van der Waals surface area (Å²) in [5.41, 5.74) is 2.68. The van der Waals surface area contributed by atoms with Crippen LogP contribution < -0.4 is 10.6 Å². The van der Waals surface area contributed by atoms with Gasteiger partial charge >= 0.3 is 0 Å². The first kappa shape index (κ1) is 19.7. The van der Waals surface area contributed by atoms with Crippen molar-refractivity contribution in [3.05, 3.63) is 35.4 Å². The zero-order valence-electron chi connectivity index (χ0n) is 17.4. The molecular formula is C22H35N5O. The molecule has 1 aromatic rings. The molecule has 3 saturated heterocycles. The zero-order chi connectivity index (χ0) is 19.3. The van der Waals surface area contributed by atoms with Gasteiger partial charge in [-0.1, -0.05) is 31.2 Å². The standard InChI is InChI=1S/C22H35N5O/c1-3-26-10-12-27(13-11-26)16-18-6-4-17(5-7-18)15-24-22(23-2)25-20-14-19-8-9-21(20)28-19/h4-7,19-21H,3,8-16H2,1-2H3,(H2,23,24,25). The van der Waals surface area contributed by atoms with E-state index in [1.54, 1.807) is 0 Å². The van der Waals surface area contributed by atoms with E-state index in [0.29, 0.717) is 18.2 Å². The van der Waals surface area contributed by atoms with Crippen LogP contribution in [0, 0.1) is 0 Å². The summed E-state index contributed by atoms with van der Waals surface area (Å²) in [5.74, 6) is 0.874. The Balaban J connectivity index is 1.22. The molecule has 3 fully saturated rings. The van der Waals surface area contributed by atoms with E-state index in [2.05, 4.69) is 56.6 Å². The van der Waals surface area contributed by atoms with Gasteiger partial charge in [0.2, 0.25) is 0 Å². The molecule has 0 amide bonds. The number of hydrogen-bond acceptors (Lipinski definition) is 4. The Labute approximate surface area is 169 Å². The topological polar surface area (TPSA) is 52.1 Å². The van der Waals surface area contributed by atoms with Crippen LogP contribution in [0.3, 0.4) is 0 Å². The number of aliphatic imine (C=N–C) groups is 1. The summed E-state index contributed by atoms with van der Waals surface area (Å²) in [6.07, 6.45) is 4.32. The number of piperazine rings is 1. The molecule has 1 aromatic carbocycles. The van der Waals surface area contributed by atoms with Crippen LogP contribution in [0.2, 0.25) is 0 Å². The number of ether oxygens (including phenoxy) is 1. The van der Waals surface area contributed by atoms with Crippen molar-refractivity contribution in [1.82, 2.24) is 20.4 Å². The highest BCUT2D eigenvalue weighted by Gasteiger charge is 2.41. The Morgan fingerprint density at radius 3 is 2.39 bits per heavy atom. The molecule has 6 heteroatoms. The van der Waals surface area contributed by atoms with Gasteiger partial charge in [-0.2, -0.15) is 0 Å². The van der Waals surface area contributed by atoms with Gasteiger partial charge in [0.25, 0.3) is 0 Å². The molecule has 3 heterocycles. The van der Waals surface area contributed by atoms with Gasteiger partial charge < -0.3 is 20.3 Å². The fourth-order valence-corrected chi connectivity index (χ4v) is 4.63. The van der Waals surface area contributed by atoms with Crippen LogP contribution in [0.15, 0.2) is 29.3 Å². The fourth-order valence-electron chi connectivity index (χ4n) is 4.63. The summed E-state index contributed by atoms with van der Waals surface area (Å²) in [6, 6.07) is 9.41. The van der Waals surface area contributed by atoms with E-state index < -0.39 is 0 Å². The van der Waals surface area contributed by atoms with E-state index in [1.807, 2.05) is 7.05 Å². The molecular weight excluding hydrogens is 350 g/mol. The lowest BCUT2D eigenvalue weighted by Crippen LogP contribution is -2.47. The quantitative estimate of drug-likeness (QED) is 0.578. The van der Waals surface area contributed by atoms with E-state index in [0.717, 1.165) is 25.5 Å². The van der Waals surface area contributed by atoms with Crippen molar-refractivity contribution in [2.24, 2.45) is 4.99 Å². The summed E-state index contributed by atoms with van der Waals surface area (Å²) in [5, 5.41) is 7.00. The summed E-state index contributed by atoms with van der Waals surface area (Å²) >= 11 is 0. The van der Waals surface area contributed by atoms with Crippen molar-refractivity contribution in [2.75, 3.05) is 39.8 Å². The van der Waals surface area contributed by atoms with Gasteiger partial charge in [0.1, 0.15) is 0 Å². The number of guanidine groups is 1. The van der Waals surface area contributed by atoms with Crippen molar-refractivity contribution in [3.63, 3.8) is 0 Å². The first-order valence-corrected chi connectivity index (χ1v) is 10.9. The highest BCUT2D eigenvalue weighted by Crippen LogP contribution is 2.34. The van der Waals surface area contributed by atoms with Crippen LogP contribution in [0.25, 0.3) is 0 Å². The van der Waals surface area contributed by atoms with Crippen molar-refractivity contribution in [3.8, 4) is 0 Å². The van der Waals surface area contributed by atoms with Crippen LogP contribution in [0.5, 0.6) is 0 Å². The molecule has 2 N–H and O–H groups in total. The largest absolute Gasteiger partial charge is 0.373 e. The number of nitrogens with one attached hydrogen (secondary N) is 2. The monoisotopic (exact) mass is 385 g/mol. The van der Waals surface area contributed by atoms with Crippen LogP contribution in [-0.2, 0) is 17.8 Å². The molecule has 3 aliphatic rings. The lowest BCUT2D eigenvalue weighted by Gasteiger charge is -2.34. The molecule has 3 unspecified atom stereocenters. The van der Waals surface area contributed by atoms with Gasteiger partial charge in [-0.3, -0.25) is 9.89 Å². The lowest BCUT2D eigenvalue weighted by molar-refractivity contribution is 0.0992. The Bertz CT molecular complexity index is 653. The second-order valence-electron chi connectivity index (χ2n) is 8.31. The maximum Gasteiger partial charge on any atom is 0.191 e. The van der Waals surface area contributed by atoms with Crippen LogP contribution >= 0.6 is 0 Å². The summed E-state index contributed by atoms with van der Waals surface area (Å²) in [4.78, 5) is 9.47. The first-order valence-electron chi connectivity index (χ1n) is 10.9. The maximum atomic E-state index is 5.93. The molecule has 0 saturated carbocycles. The average molecular weight is 386 g/mol. The molecule has 4 rings (SSSR count). The molecule has 3 atom stereocenters. The molecule has 6 nitrogen and oxygen atoms in total. The maximum absolute atomic E-state index is 5.93. The Hall–Kier alpha value is -1.63. The molecule has 28 heavy (non-hydrogen) atoms. The van der Waals surface area contributed by atoms with Crippen LogP contribution in [0.4, 0.5) is 0 Å². The molecule has 0 radical (unpaired) electrons. The van der Waals surface area contributed by atoms with Gasteiger partial charge in [-0.25, -0.2) is 0 Å². The number of rotatable bonds is 6. The minimum atomic E-state index is 0.363. The zero-order valence-corrected chi connectivity index (χ0v) is 17.4. The van der Waals surface area contributed by atoms with Gasteiger partial charge in [0.05, 0.1) is 18.2 Å². The van der Waals surface area contributed by atoms with Crippen LogP contribution in [-0.4, -0.2) is 73.8 Å². The molecule has 154 valence electrons. The van der Waals surface area contributed by atoms with E-state index in [-0.39, 0.29) is 0 Å². The number of nitrogens with zero attached hydrogens (tertiary/aromatic N) is 3. The normalized spacial score (nSPS) is 28.6. The Morgan fingerprint density at radius 1 is 1.07 bits per heavy atom.